The molecule has 3 saturated heterocycles. The van der Waals surface area contributed by atoms with Crippen LogP contribution in [0.5, 0.6) is 0 Å². The fourth-order valence-corrected chi connectivity index (χ4v) is 6.27. The number of hydrogen-bond acceptors (Lipinski definition) is 5. The lowest BCUT2D eigenvalue weighted by atomic mass is 10.2. The van der Waals surface area contributed by atoms with Crippen molar-refractivity contribution in [2.75, 3.05) is 58.9 Å². The molecular weight excluding hydrogens is 428 g/mol. The third kappa shape index (κ3) is 5.32. The topological polar surface area (TPSA) is 81.2 Å². The molecule has 0 spiro atoms. The van der Waals surface area contributed by atoms with Crippen molar-refractivity contribution in [1.82, 2.24) is 19.0 Å². The second-order valence-electron chi connectivity index (χ2n) is 9.00. The third-order valence-electron chi connectivity index (χ3n) is 6.78. The van der Waals surface area contributed by atoms with Crippen molar-refractivity contribution in [3.05, 3.63) is 29.8 Å². The van der Waals surface area contributed by atoms with Gasteiger partial charge < -0.3 is 9.80 Å². The van der Waals surface area contributed by atoms with Crippen LogP contribution in [0.3, 0.4) is 0 Å². The van der Waals surface area contributed by atoms with Gasteiger partial charge in [-0.15, -0.1) is 0 Å². The van der Waals surface area contributed by atoms with E-state index in [1.807, 2.05) is 4.90 Å². The van der Waals surface area contributed by atoms with Crippen LogP contribution in [0.4, 0.5) is 0 Å². The molecule has 0 aliphatic carbocycles. The normalized spacial score (nSPS) is 21.5. The molecule has 9 heteroatoms. The highest BCUT2D eigenvalue weighted by molar-refractivity contribution is 7.89. The van der Waals surface area contributed by atoms with E-state index < -0.39 is 10.0 Å². The molecule has 0 saturated carbocycles. The first-order valence-electron chi connectivity index (χ1n) is 11.8. The minimum Gasteiger partial charge on any atom is -0.342 e. The van der Waals surface area contributed by atoms with Crippen LogP contribution in [0.2, 0.25) is 0 Å². The van der Waals surface area contributed by atoms with Gasteiger partial charge in [0, 0.05) is 57.9 Å². The molecule has 0 aromatic heterocycles. The molecule has 3 aliphatic rings. The van der Waals surface area contributed by atoms with Crippen molar-refractivity contribution in [2.45, 2.75) is 43.4 Å². The quantitative estimate of drug-likeness (QED) is 0.664. The summed E-state index contributed by atoms with van der Waals surface area (Å²) < 4.78 is 27.4. The van der Waals surface area contributed by atoms with Crippen LogP contribution in [-0.2, 0) is 14.8 Å². The number of benzene rings is 1. The monoisotopic (exact) mass is 462 g/mol. The van der Waals surface area contributed by atoms with Crippen LogP contribution >= 0.6 is 0 Å². The number of carbonyl (C=O) groups is 2. The predicted octanol–water partition coefficient (Wildman–Crippen LogP) is 1.63. The number of rotatable bonds is 5. The molecule has 0 unspecified atom stereocenters. The van der Waals surface area contributed by atoms with Gasteiger partial charge in [0.15, 0.2) is 0 Å². The first kappa shape index (κ1) is 23.2. The van der Waals surface area contributed by atoms with Crippen LogP contribution < -0.4 is 0 Å². The molecule has 4 rings (SSSR count). The largest absolute Gasteiger partial charge is 0.342 e. The van der Waals surface area contributed by atoms with E-state index in [9.17, 15) is 18.0 Å². The molecule has 176 valence electrons. The number of hydrogen-bond donors (Lipinski definition) is 0. The highest BCUT2D eigenvalue weighted by atomic mass is 32.2. The Kier molecular flexibility index (Phi) is 7.48. The van der Waals surface area contributed by atoms with E-state index in [0.717, 1.165) is 51.6 Å². The van der Waals surface area contributed by atoms with Crippen LogP contribution in [0.25, 0.3) is 0 Å². The lowest BCUT2D eigenvalue weighted by Crippen LogP contribution is -2.51. The van der Waals surface area contributed by atoms with Crippen molar-refractivity contribution in [3.8, 4) is 0 Å². The van der Waals surface area contributed by atoms with Gasteiger partial charge in [-0.05, 0) is 49.9 Å². The highest BCUT2D eigenvalue weighted by Gasteiger charge is 2.28. The first-order chi connectivity index (χ1) is 15.4. The average Bonchev–Trinajstić information content (AvgIpc) is 3.21. The fourth-order valence-electron chi connectivity index (χ4n) is 4.75. The lowest BCUT2D eigenvalue weighted by Gasteiger charge is -2.35. The summed E-state index contributed by atoms with van der Waals surface area (Å²) >= 11 is 0. The van der Waals surface area contributed by atoms with E-state index >= 15 is 0 Å². The van der Waals surface area contributed by atoms with E-state index in [1.165, 1.54) is 0 Å². The van der Waals surface area contributed by atoms with Gasteiger partial charge in [0.05, 0.1) is 11.4 Å². The van der Waals surface area contributed by atoms with E-state index in [4.69, 9.17) is 0 Å². The SMILES string of the molecule is O=C(CN1CCN(C(=O)c2ccc(S(=O)(=O)N3CCCCCC3)cc2)CC1)N1CCCC1. The highest BCUT2D eigenvalue weighted by Crippen LogP contribution is 2.21. The van der Waals surface area contributed by atoms with Crippen molar-refractivity contribution in [1.29, 1.82) is 0 Å². The number of nitrogens with zero attached hydrogens (tertiary/aromatic N) is 4. The zero-order valence-corrected chi connectivity index (χ0v) is 19.6. The molecule has 0 atom stereocenters. The summed E-state index contributed by atoms with van der Waals surface area (Å²) in [6.45, 7) is 5.76. The number of carbonyl (C=O) groups excluding carboxylic acids is 2. The second kappa shape index (κ2) is 10.3. The number of likely N-dealkylation sites (tertiary alicyclic amines) is 1. The maximum absolute atomic E-state index is 12.9. The minimum absolute atomic E-state index is 0.0887. The smallest absolute Gasteiger partial charge is 0.253 e. The van der Waals surface area contributed by atoms with Gasteiger partial charge in [-0.25, -0.2) is 8.42 Å². The number of sulfonamides is 1. The third-order valence-corrected chi connectivity index (χ3v) is 8.69. The molecule has 32 heavy (non-hydrogen) atoms. The van der Waals surface area contributed by atoms with Gasteiger partial charge in [0.1, 0.15) is 0 Å². The molecule has 0 N–H and O–H groups in total. The van der Waals surface area contributed by atoms with Gasteiger partial charge >= 0.3 is 0 Å². The summed E-state index contributed by atoms with van der Waals surface area (Å²) in [5, 5.41) is 0. The van der Waals surface area contributed by atoms with Crippen LogP contribution in [0, 0.1) is 0 Å². The number of amides is 2. The molecule has 1 aromatic rings. The predicted molar refractivity (Wildman–Crippen MR) is 122 cm³/mol. The second-order valence-corrected chi connectivity index (χ2v) is 10.9. The number of piperazine rings is 1. The lowest BCUT2D eigenvalue weighted by molar-refractivity contribution is -0.131. The molecular formula is C23H34N4O4S. The Morgan fingerprint density at radius 3 is 1.84 bits per heavy atom. The van der Waals surface area contributed by atoms with Crippen molar-refractivity contribution >= 4 is 21.8 Å². The van der Waals surface area contributed by atoms with E-state index in [-0.39, 0.29) is 16.7 Å². The zero-order chi connectivity index (χ0) is 22.6. The van der Waals surface area contributed by atoms with Crippen molar-refractivity contribution in [3.63, 3.8) is 0 Å². The minimum atomic E-state index is -3.51. The maximum atomic E-state index is 12.9. The summed E-state index contributed by atoms with van der Waals surface area (Å²) in [5.74, 6) is 0.0951. The van der Waals surface area contributed by atoms with E-state index in [1.54, 1.807) is 33.5 Å². The zero-order valence-electron chi connectivity index (χ0n) is 18.7. The van der Waals surface area contributed by atoms with E-state index in [0.29, 0.717) is 51.4 Å². The molecule has 2 amide bonds. The summed E-state index contributed by atoms with van der Waals surface area (Å²) in [6.07, 6.45) is 6.10. The van der Waals surface area contributed by atoms with Crippen LogP contribution in [-0.4, -0.2) is 98.1 Å². The van der Waals surface area contributed by atoms with Gasteiger partial charge in [0.25, 0.3) is 5.91 Å². The van der Waals surface area contributed by atoms with Crippen LogP contribution in [0.1, 0.15) is 48.9 Å². The maximum Gasteiger partial charge on any atom is 0.253 e. The van der Waals surface area contributed by atoms with Gasteiger partial charge in [-0.3, -0.25) is 14.5 Å². The van der Waals surface area contributed by atoms with Crippen LogP contribution in [0.15, 0.2) is 29.2 Å². The molecule has 3 fully saturated rings. The average molecular weight is 463 g/mol. The Hall–Kier alpha value is -1.97. The van der Waals surface area contributed by atoms with Gasteiger partial charge in [0.2, 0.25) is 15.9 Å². The standard InChI is InChI=1S/C23H34N4O4S/c28-22(25-11-5-6-12-25)19-24-15-17-26(18-16-24)23(29)20-7-9-21(10-8-20)32(30,31)27-13-3-1-2-4-14-27/h7-10H,1-6,11-19H2. The molecule has 3 heterocycles. The molecule has 1 aromatic carbocycles. The van der Waals surface area contributed by atoms with E-state index in [2.05, 4.69) is 4.90 Å². The van der Waals surface area contributed by atoms with Gasteiger partial charge in [-0.1, -0.05) is 12.8 Å². The van der Waals surface area contributed by atoms with Gasteiger partial charge in [-0.2, -0.15) is 4.31 Å². The molecule has 0 bridgehead atoms. The molecule has 8 nitrogen and oxygen atoms in total. The van der Waals surface area contributed by atoms with Crippen molar-refractivity contribution in [2.24, 2.45) is 0 Å². The molecule has 3 aliphatic heterocycles. The molecule has 0 radical (unpaired) electrons. The summed E-state index contributed by atoms with van der Waals surface area (Å²) in [6, 6.07) is 6.35. The Bertz CT molecular complexity index is 896. The Morgan fingerprint density at radius 2 is 1.25 bits per heavy atom. The summed E-state index contributed by atoms with van der Waals surface area (Å²) in [4.78, 5) is 31.3. The van der Waals surface area contributed by atoms with Crippen molar-refractivity contribution < 1.29 is 18.0 Å². The Balaban J connectivity index is 1.31. The Morgan fingerprint density at radius 1 is 0.688 bits per heavy atom. The first-order valence-corrected chi connectivity index (χ1v) is 13.3. The Labute approximate surface area is 191 Å². The summed E-state index contributed by atoms with van der Waals surface area (Å²) in [5.41, 5.74) is 0.501. The summed E-state index contributed by atoms with van der Waals surface area (Å²) in [7, 11) is -3.51. The fraction of sp³-hybridized carbons (Fsp3) is 0.652.